The Morgan fingerprint density at radius 2 is 1.09 bits per heavy atom. The zero-order valence-electron chi connectivity index (χ0n) is 18.6. The van der Waals surface area contributed by atoms with E-state index in [4.69, 9.17) is 0 Å². The molecule has 0 spiro atoms. The van der Waals surface area contributed by atoms with Crippen LogP contribution in [0.1, 0.15) is 5.56 Å². The van der Waals surface area contributed by atoms with Gasteiger partial charge in [-0.1, -0.05) is 58.4 Å². The van der Waals surface area contributed by atoms with E-state index < -0.39 is 0 Å². The van der Waals surface area contributed by atoms with Crippen LogP contribution in [0.25, 0.3) is 55.0 Å². The van der Waals surface area contributed by atoms with Gasteiger partial charge < -0.3 is 9.13 Å². The second-order valence-electron chi connectivity index (χ2n) is 8.73. The monoisotopic (exact) mass is 511 g/mol. The van der Waals surface area contributed by atoms with E-state index in [1.165, 1.54) is 21.8 Å². The first-order valence-corrected chi connectivity index (χ1v) is 12.2. The third kappa shape index (κ3) is 2.96. The quantitative estimate of drug-likeness (QED) is 0.229. The Kier molecular flexibility index (Phi) is 4.36. The molecule has 0 radical (unpaired) electrons. The van der Waals surface area contributed by atoms with Gasteiger partial charge in [0, 0.05) is 37.4 Å². The highest BCUT2D eigenvalue weighted by atomic mass is 79.9. The standard InChI is InChI=1S/C31H18BrN3/c32-21-6-5-7-22(17-21)34-29-11-4-2-9-25(29)27-18-23(13-15-31(27)34)35-28-10-3-1-8-24(28)26-16-20(19-33)12-14-30(26)35/h1-18H. The van der Waals surface area contributed by atoms with Crippen LogP contribution in [-0.4, -0.2) is 9.13 Å². The molecule has 4 heteroatoms. The normalized spacial score (nSPS) is 11.5. The summed E-state index contributed by atoms with van der Waals surface area (Å²) in [6, 6.07) is 40.3. The summed E-state index contributed by atoms with van der Waals surface area (Å²) in [5.74, 6) is 0. The van der Waals surface area contributed by atoms with Gasteiger partial charge >= 0.3 is 0 Å². The minimum atomic E-state index is 0.674. The summed E-state index contributed by atoms with van der Waals surface area (Å²) < 4.78 is 5.68. The molecule has 0 aliphatic carbocycles. The fourth-order valence-electron chi connectivity index (χ4n) is 5.31. The number of fused-ring (bicyclic) bond motifs is 6. The Morgan fingerprint density at radius 1 is 0.514 bits per heavy atom. The fourth-order valence-corrected chi connectivity index (χ4v) is 5.70. The first-order chi connectivity index (χ1) is 17.2. The van der Waals surface area contributed by atoms with Gasteiger partial charge in [-0.15, -0.1) is 0 Å². The number of benzene rings is 5. The molecule has 0 unspecified atom stereocenters. The summed E-state index contributed by atoms with van der Waals surface area (Å²) >= 11 is 3.63. The Bertz CT molecular complexity index is 1980. The molecule has 35 heavy (non-hydrogen) atoms. The van der Waals surface area contributed by atoms with Crippen LogP contribution in [0.5, 0.6) is 0 Å². The minimum Gasteiger partial charge on any atom is -0.309 e. The van der Waals surface area contributed by atoms with Gasteiger partial charge in [0.25, 0.3) is 0 Å². The van der Waals surface area contributed by atoms with E-state index in [1.807, 2.05) is 12.1 Å². The Morgan fingerprint density at radius 3 is 1.74 bits per heavy atom. The maximum absolute atomic E-state index is 9.46. The van der Waals surface area contributed by atoms with Crippen molar-refractivity contribution in [2.24, 2.45) is 0 Å². The highest BCUT2D eigenvalue weighted by Gasteiger charge is 2.16. The topological polar surface area (TPSA) is 33.6 Å². The predicted octanol–water partition coefficient (Wildman–Crippen LogP) is 8.51. The van der Waals surface area contributed by atoms with Crippen LogP contribution in [-0.2, 0) is 0 Å². The van der Waals surface area contributed by atoms with E-state index in [-0.39, 0.29) is 0 Å². The first-order valence-electron chi connectivity index (χ1n) is 11.5. The van der Waals surface area contributed by atoms with Crippen molar-refractivity contribution < 1.29 is 0 Å². The predicted molar refractivity (Wildman–Crippen MR) is 148 cm³/mol. The van der Waals surface area contributed by atoms with E-state index in [1.54, 1.807) is 0 Å². The van der Waals surface area contributed by atoms with Crippen molar-refractivity contribution >= 4 is 59.5 Å². The van der Waals surface area contributed by atoms with Crippen LogP contribution in [0.15, 0.2) is 114 Å². The lowest BCUT2D eigenvalue weighted by Gasteiger charge is -2.10. The molecular formula is C31H18BrN3. The van der Waals surface area contributed by atoms with Gasteiger partial charge in [0.2, 0.25) is 0 Å². The van der Waals surface area contributed by atoms with Gasteiger partial charge in [-0.05, 0) is 66.7 Å². The Labute approximate surface area is 210 Å². The van der Waals surface area contributed by atoms with Gasteiger partial charge in [-0.3, -0.25) is 0 Å². The molecule has 5 aromatic carbocycles. The highest BCUT2D eigenvalue weighted by molar-refractivity contribution is 9.10. The highest BCUT2D eigenvalue weighted by Crippen LogP contribution is 2.37. The molecule has 0 atom stereocenters. The number of halogens is 1. The molecule has 164 valence electrons. The van der Waals surface area contributed by atoms with Crippen molar-refractivity contribution in [2.45, 2.75) is 0 Å². The van der Waals surface area contributed by atoms with Gasteiger partial charge in [-0.2, -0.15) is 5.26 Å². The van der Waals surface area contributed by atoms with Crippen molar-refractivity contribution in [2.75, 3.05) is 0 Å². The summed E-state index contributed by atoms with van der Waals surface area (Å²) in [5.41, 5.74) is 7.48. The largest absolute Gasteiger partial charge is 0.309 e. The molecule has 2 aromatic heterocycles. The molecule has 0 fully saturated rings. The Balaban J connectivity index is 1.57. The van der Waals surface area contributed by atoms with E-state index in [0.29, 0.717) is 5.56 Å². The summed E-state index contributed by atoms with van der Waals surface area (Å²) in [7, 11) is 0. The van der Waals surface area contributed by atoms with E-state index in [9.17, 15) is 5.26 Å². The van der Waals surface area contributed by atoms with Gasteiger partial charge in [0.1, 0.15) is 0 Å². The molecule has 0 aliphatic heterocycles. The van der Waals surface area contributed by atoms with Crippen LogP contribution in [0.4, 0.5) is 0 Å². The molecule has 0 aliphatic rings. The lowest BCUT2D eigenvalue weighted by Crippen LogP contribution is -1.95. The average Bonchev–Trinajstić information content (AvgIpc) is 3.41. The molecule has 0 saturated heterocycles. The first kappa shape index (κ1) is 20.1. The molecule has 3 nitrogen and oxygen atoms in total. The number of hydrogen-bond donors (Lipinski definition) is 0. The average molecular weight is 512 g/mol. The number of hydrogen-bond acceptors (Lipinski definition) is 1. The van der Waals surface area contributed by atoms with Crippen LogP contribution in [0.3, 0.4) is 0 Å². The van der Waals surface area contributed by atoms with Crippen LogP contribution >= 0.6 is 15.9 Å². The molecular weight excluding hydrogens is 494 g/mol. The lowest BCUT2D eigenvalue weighted by molar-refractivity contribution is 1.16. The minimum absolute atomic E-state index is 0.674. The SMILES string of the molecule is N#Cc1ccc2c(c1)c1ccccc1n2-c1ccc2c(c1)c1ccccc1n2-c1cccc(Br)c1. The van der Waals surface area contributed by atoms with Gasteiger partial charge in [0.05, 0.1) is 33.7 Å². The van der Waals surface area contributed by atoms with Gasteiger partial charge in [0.15, 0.2) is 0 Å². The van der Waals surface area contributed by atoms with Crippen molar-refractivity contribution in [3.63, 3.8) is 0 Å². The zero-order chi connectivity index (χ0) is 23.5. The van der Waals surface area contributed by atoms with E-state index >= 15 is 0 Å². The summed E-state index contributed by atoms with van der Waals surface area (Å²) in [6.07, 6.45) is 0. The summed E-state index contributed by atoms with van der Waals surface area (Å²) in [4.78, 5) is 0. The van der Waals surface area contributed by atoms with Crippen LogP contribution < -0.4 is 0 Å². The smallest absolute Gasteiger partial charge is 0.0991 e. The molecule has 7 rings (SSSR count). The molecule has 0 bridgehead atoms. The van der Waals surface area contributed by atoms with Crippen molar-refractivity contribution in [1.82, 2.24) is 9.13 Å². The number of rotatable bonds is 2. The van der Waals surface area contributed by atoms with Gasteiger partial charge in [-0.25, -0.2) is 0 Å². The fraction of sp³-hybridized carbons (Fsp3) is 0. The molecule has 0 amide bonds. The van der Waals surface area contributed by atoms with Crippen LogP contribution in [0, 0.1) is 11.3 Å². The number of aromatic nitrogens is 2. The van der Waals surface area contributed by atoms with E-state index in [0.717, 1.165) is 37.7 Å². The zero-order valence-corrected chi connectivity index (χ0v) is 20.2. The molecule has 7 aromatic rings. The number of para-hydroxylation sites is 2. The van der Waals surface area contributed by atoms with Crippen molar-refractivity contribution in [1.29, 1.82) is 5.26 Å². The lowest BCUT2D eigenvalue weighted by atomic mass is 10.1. The third-order valence-corrected chi connectivity index (χ3v) is 7.28. The molecule has 2 heterocycles. The summed E-state index contributed by atoms with van der Waals surface area (Å²) in [5, 5.41) is 14.1. The maximum atomic E-state index is 9.46. The number of nitrogens with zero attached hydrogens (tertiary/aromatic N) is 3. The second-order valence-corrected chi connectivity index (χ2v) is 9.65. The maximum Gasteiger partial charge on any atom is 0.0991 e. The Hall–Kier alpha value is -4.33. The molecule has 0 N–H and O–H groups in total. The molecule has 0 saturated carbocycles. The summed E-state index contributed by atoms with van der Waals surface area (Å²) in [6.45, 7) is 0. The second kappa shape index (κ2) is 7.59. The van der Waals surface area contributed by atoms with Crippen molar-refractivity contribution in [3.05, 3.63) is 119 Å². The van der Waals surface area contributed by atoms with Crippen LogP contribution in [0.2, 0.25) is 0 Å². The van der Waals surface area contributed by atoms with Crippen molar-refractivity contribution in [3.8, 4) is 17.4 Å². The van der Waals surface area contributed by atoms with E-state index in [2.05, 4.69) is 128 Å². The number of nitriles is 1. The third-order valence-electron chi connectivity index (χ3n) is 6.78.